The molecule has 36 heavy (non-hydrogen) atoms. The molecule has 182 valence electrons. The van der Waals surface area contributed by atoms with Gasteiger partial charge in [-0.05, 0) is 74.9 Å². The summed E-state index contributed by atoms with van der Waals surface area (Å²) in [6.07, 6.45) is -0.0160. The van der Waals surface area contributed by atoms with Crippen molar-refractivity contribution in [3.8, 4) is 17.6 Å². The van der Waals surface area contributed by atoms with Crippen LogP contribution in [-0.4, -0.2) is 29.5 Å². The Kier molecular flexibility index (Phi) is 7.07. The summed E-state index contributed by atoms with van der Waals surface area (Å²) in [5, 5.41) is 20.5. The molecule has 0 radical (unpaired) electrons. The van der Waals surface area contributed by atoms with E-state index in [1.165, 1.54) is 4.90 Å². The zero-order valence-electron chi connectivity index (χ0n) is 20.3. The summed E-state index contributed by atoms with van der Waals surface area (Å²) >= 11 is 0. The van der Waals surface area contributed by atoms with E-state index in [1.54, 1.807) is 72.8 Å². The predicted octanol–water partition coefficient (Wildman–Crippen LogP) is 5.37. The molecule has 1 unspecified atom stereocenters. The van der Waals surface area contributed by atoms with Crippen molar-refractivity contribution in [1.82, 2.24) is 0 Å². The van der Waals surface area contributed by atoms with E-state index < -0.39 is 17.7 Å². The van der Waals surface area contributed by atoms with Crippen LogP contribution in [0.2, 0.25) is 0 Å². The molecule has 0 aliphatic carbocycles. The Balaban J connectivity index is 1.87. The van der Waals surface area contributed by atoms with Gasteiger partial charge in [0, 0.05) is 11.3 Å². The average Bonchev–Trinajstić information content (AvgIpc) is 3.14. The van der Waals surface area contributed by atoms with Gasteiger partial charge in [-0.25, -0.2) is 0 Å². The third-order valence-electron chi connectivity index (χ3n) is 5.71. The van der Waals surface area contributed by atoms with Gasteiger partial charge in [-0.15, -0.1) is 0 Å². The van der Waals surface area contributed by atoms with Crippen LogP contribution in [0.25, 0.3) is 5.76 Å². The monoisotopic (exact) mass is 482 g/mol. The fraction of sp³-hybridized carbons (Fsp3) is 0.207. The zero-order chi connectivity index (χ0) is 25.8. The van der Waals surface area contributed by atoms with Gasteiger partial charge in [-0.1, -0.05) is 24.3 Å². The number of Topliss-reactive ketones (excluding diaryl/α,β-unsaturated/α-hetero) is 1. The van der Waals surface area contributed by atoms with Crippen molar-refractivity contribution in [2.45, 2.75) is 32.9 Å². The number of hydrogen-bond acceptors (Lipinski definition) is 6. The summed E-state index contributed by atoms with van der Waals surface area (Å²) in [4.78, 5) is 28.0. The Labute approximate surface area is 209 Å². The molecule has 0 spiro atoms. The van der Waals surface area contributed by atoms with Crippen LogP contribution in [0.4, 0.5) is 5.69 Å². The van der Waals surface area contributed by atoms with Crippen LogP contribution in [-0.2, 0) is 9.59 Å². The predicted molar refractivity (Wildman–Crippen MR) is 136 cm³/mol. The van der Waals surface area contributed by atoms with Crippen LogP contribution < -0.4 is 14.4 Å². The number of amides is 1. The molecule has 4 rings (SSSR count). The first kappa shape index (κ1) is 24.6. The number of nitrogens with zero attached hydrogens (tertiary/aromatic N) is 2. The Morgan fingerprint density at radius 3 is 2.33 bits per heavy atom. The second-order valence-electron chi connectivity index (χ2n) is 8.52. The lowest BCUT2D eigenvalue weighted by Gasteiger charge is -2.25. The smallest absolute Gasteiger partial charge is 0.300 e. The van der Waals surface area contributed by atoms with Crippen LogP contribution in [0, 0.1) is 11.3 Å². The quantitative estimate of drug-likeness (QED) is 0.276. The first-order valence-electron chi connectivity index (χ1n) is 11.6. The Hall–Kier alpha value is -4.57. The normalized spacial score (nSPS) is 16.8. The molecule has 7 nitrogen and oxygen atoms in total. The molecule has 0 saturated carbocycles. The highest BCUT2D eigenvalue weighted by atomic mass is 16.5. The van der Waals surface area contributed by atoms with E-state index in [9.17, 15) is 14.7 Å². The lowest BCUT2D eigenvalue weighted by Crippen LogP contribution is -2.29. The topological polar surface area (TPSA) is 99.9 Å². The lowest BCUT2D eigenvalue weighted by atomic mass is 9.95. The van der Waals surface area contributed by atoms with Crippen molar-refractivity contribution in [3.05, 3.63) is 95.1 Å². The molecule has 1 saturated heterocycles. The molecule has 1 N–H and O–H groups in total. The van der Waals surface area contributed by atoms with Crippen LogP contribution in [0.5, 0.6) is 11.5 Å². The lowest BCUT2D eigenvalue weighted by molar-refractivity contribution is -0.132. The van der Waals surface area contributed by atoms with Crippen molar-refractivity contribution in [3.63, 3.8) is 0 Å². The first-order valence-corrected chi connectivity index (χ1v) is 11.6. The number of anilines is 1. The molecule has 3 aromatic carbocycles. The molecule has 1 aliphatic heterocycles. The van der Waals surface area contributed by atoms with Gasteiger partial charge < -0.3 is 14.6 Å². The first-order chi connectivity index (χ1) is 17.3. The molecular formula is C29H26N2O5. The Morgan fingerprint density at radius 1 is 1.03 bits per heavy atom. The highest BCUT2D eigenvalue weighted by Gasteiger charge is 2.47. The van der Waals surface area contributed by atoms with E-state index in [4.69, 9.17) is 14.7 Å². The number of hydrogen-bond donors (Lipinski definition) is 1. The van der Waals surface area contributed by atoms with Gasteiger partial charge >= 0.3 is 0 Å². The summed E-state index contributed by atoms with van der Waals surface area (Å²) < 4.78 is 11.3. The molecule has 3 aromatic rings. The van der Waals surface area contributed by atoms with E-state index in [0.717, 1.165) is 0 Å². The van der Waals surface area contributed by atoms with Gasteiger partial charge in [0.1, 0.15) is 17.3 Å². The molecule has 1 amide bonds. The molecule has 1 heterocycles. The molecule has 1 atom stereocenters. The van der Waals surface area contributed by atoms with E-state index in [0.29, 0.717) is 40.5 Å². The highest BCUT2D eigenvalue weighted by Crippen LogP contribution is 2.42. The maximum Gasteiger partial charge on any atom is 0.300 e. The number of ether oxygens (including phenoxy) is 2. The number of benzene rings is 3. The number of aliphatic hydroxyl groups is 1. The second kappa shape index (κ2) is 10.4. The largest absolute Gasteiger partial charge is 0.507 e. The van der Waals surface area contributed by atoms with Gasteiger partial charge in [0.15, 0.2) is 0 Å². The standard InChI is InChI=1S/C29H26N2O5/c1-4-35-24-7-5-6-21(16-24)27(32)25-26(20-10-14-23(15-11-20)36-18(2)3)31(29(34)28(25)33)22-12-8-19(17-30)9-13-22/h5-16,18,26,32H,4H2,1-3H3/b27-25-. The maximum absolute atomic E-state index is 13.3. The summed E-state index contributed by atoms with van der Waals surface area (Å²) in [7, 11) is 0. The Bertz CT molecular complexity index is 1350. The minimum atomic E-state index is -0.887. The highest BCUT2D eigenvalue weighted by molar-refractivity contribution is 6.51. The molecular weight excluding hydrogens is 456 g/mol. The SMILES string of the molecule is CCOc1cccc(/C(O)=C2/C(=O)C(=O)N(c3ccc(C#N)cc3)C2c2ccc(OC(C)C)cc2)c1. The van der Waals surface area contributed by atoms with Crippen LogP contribution in [0.3, 0.4) is 0 Å². The summed E-state index contributed by atoms with van der Waals surface area (Å²) in [6, 6.07) is 21.4. The molecule has 1 aliphatic rings. The van der Waals surface area contributed by atoms with Gasteiger partial charge in [-0.3, -0.25) is 14.5 Å². The fourth-order valence-corrected chi connectivity index (χ4v) is 4.17. The van der Waals surface area contributed by atoms with Gasteiger partial charge in [0.2, 0.25) is 0 Å². The van der Waals surface area contributed by atoms with Crippen molar-refractivity contribution < 1.29 is 24.2 Å². The average molecular weight is 483 g/mol. The molecule has 0 aromatic heterocycles. The number of rotatable bonds is 7. The van der Waals surface area contributed by atoms with E-state index in [1.807, 2.05) is 26.8 Å². The van der Waals surface area contributed by atoms with Gasteiger partial charge in [0.05, 0.1) is 36.0 Å². The minimum absolute atomic E-state index is 0.0160. The molecule has 1 fully saturated rings. The number of carbonyl (C=O) groups is 2. The number of nitriles is 1. The van der Waals surface area contributed by atoms with E-state index in [-0.39, 0.29) is 17.4 Å². The van der Waals surface area contributed by atoms with Crippen molar-refractivity contribution >= 4 is 23.1 Å². The number of carbonyl (C=O) groups excluding carboxylic acids is 2. The van der Waals surface area contributed by atoms with E-state index in [2.05, 4.69) is 0 Å². The van der Waals surface area contributed by atoms with Crippen molar-refractivity contribution in [2.24, 2.45) is 0 Å². The molecule has 7 heteroatoms. The second-order valence-corrected chi connectivity index (χ2v) is 8.52. The van der Waals surface area contributed by atoms with Crippen LogP contribution in [0.1, 0.15) is 43.5 Å². The van der Waals surface area contributed by atoms with Crippen molar-refractivity contribution in [2.75, 3.05) is 11.5 Å². The van der Waals surface area contributed by atoms with E-state index >= 15 is 0 Å². The fourth-order valence-electron chi connectivity index (χ4n) is 4.17. The third kappa shape index (κ3) is 4.80. The molecule has 0 bridgehead atoms. The number of aliphatic hydroxyl groups excluding tert-OH is 1. The maximum atomic E-state index is 13.3. The van der Waals surface area contributed by atoms with Crippen LogP contribution in [0.15, 0.2) is 78.4 Å². The zero-order valence-corrected chi connectivity index (χ0v) is 20.3. The van der Waals surface area contributed by atoms with Crippen LogP contribution >= 0.6 is 0 Å². The Morgan fingerprint density at radius 2 is 1.72 bits per heavy atom. The van der Waals surface area contributed by atoms with Gasteiger partial charge in [-0.2, -0.15) is 5.26 Å². The minimum Gasteiger partial charge on any atom is -0.507 e. The number of ketones is 1. The van der Waals surface area contributed by atoms with Gasteiger partial charge in [0.25, 0.3) is 11.7 Å². The summed E-state index contributed by atoms with van der Waals surface area (Å²) in [5.41, 5.74) is 1.82. The third-order valence-corrected chi connectivity index (χ3v) is 5.71. The summed E-state index contributed by atoms with van der Waals surface area (Å²) in [5.74, 6) is -0.678. The summed E-state index contributed by atoms with van der Waals surface area (Å²) in [6.45, 7) is 6.13. The van der Waals surface area contributed by atoms with Crippen molar-refractivity contribution in [1.29, 1.82) is 5.26 Å².